The van der Waals surface area contributed by atoms with Crippen molar-refractivity contribution >= 4 is 17.6 Å². The molecule has 0 bridgehead atoms. The van der Waals surface area contributed by atoms with Crippen molar-refractivity contribution in [2.75, 3.05) is 6.61 Å². The molecule has 128 valence electrons. The van der Waals surface area contributed by atoms with E-state index in [1.54, 1.807) is 43.3 Å². The number of benzene rings is 1. The normalized spacial score (nSPS) is 10.5. The number of hydrogen-bond donors (Lipinski definition) is 0. The first-order valence-corrected chi connectivity index (χ1v) is 7.88. The molecule has 8 heteroatoms. The number of rotatable bonds is 6. The lowest BCUT2D eigenvalue weighted by Gasteiger charge is -2.07. The van der Waals surface area contributed by atoms with E-state index in [1.165, 1.54) is 6.20 Å². The summed E-state index contributed by atoms with van der Waals surface area (Å²) in [5, 5.41) is 8.40. The largest absolute Gasteiger partial charge is 0.477 e. The maximum atomic E-state index is 12.2. The van der Waals surface area contributed by atoms with Gasteiger partial charge in [-0.3, -0.25) is 0 Å². The van der Waals surface area contributed by atoms with Gasteiger partial charge >= 0.3 is 5.97 Å². The molecule has 0 unspecified atom stereocenters. The smallest absolute Gasteiger partial charge is 0.344 e. The summed E-state index contributed by atoms with van der Waals surface area (Å²) >= 11 is 5.84. The quantitative estimate of drug-likeness (QED) is 0.622. The highest BCUT2D eigenvalue weighted by Gasteiger charge is 2.17. The molecule has 0 atom stereocenters. The van der Waals surface area contributed by atoms with Crippen molar-refractivity contribution in [2.24, 2.45) is 0 Å². The summed E-state index contributed by atoms with van der Waals surface area (Å²) in [6.07, 6.45) is 1.54. The summed E-state index contributed by atoms with van der Waals surface area (Å²) in [6, 6.07) is 10.2. The second kappa shape index (κ2) is 7.76. The van der Waals surface area contributed by atoms with Gasteiger partial charge in [-0.1, -0.05) is 11.6 Å². The molecule has 0 saturated heterocycles. The number of carbonyl (C=O) groups excluding carboxylic acids is 1. The Kier molecular flexibility index (Phi) is 5.25. The summed E-state index contributed by atoms with van der Waals surface area (Å²) in [4.78, 5) is 16.2. The van der Waals surface area contributed by atoms with Crippen molar-refractivity contribution in [3.05, 3.63) is 59.1 Å². The van der Waals surface area contributed by atoms with Gasteiger partial charge in [-0.25, -0.2) is 9.78 Å². The Bertz CT molecular complexity index is 864. The first-order valence-electron chi connectivity index (χ1n) is 7.50. The molecular formula is C17H14ClN3O4. The highest BCUT2D eigenvalue weighted by molar-refractivity contribution is 6.30. The fraction of sp³-hybridized carbons (Fsp3) is 0.176. The summed E-state index contributed by atoms with van der Waals surface area (Å²) in [5.41, 5.74) is 0.960. The van der Waals surface area contributed by atoms with Gasteiger partial charge in [0.1, 0.15) is 5.56 Å². The Labute approximate surface area is 148 Å². The van der Waals surface area contributed by atoms with Gasteiger partial charge in [-0.2, -0.15) is 0 Å². The molecule has 0 amide bonds. The van der Waals surface area contributed by atoms with Crippen LogP contribution in [-0.4, -0.2) is 27.8 Å². The second-order valence-corrected chi connectivity index (χ2v) is 5.31. The van der Waals surface area contributed by atoms with Crippen LogP contribution in [0.15, 0.2) is 47.0 Å². The van der Waals surface area contributed by atoms with E-state index in [4.69, 9.17) is 25.5 Å². The van der Waals surface area contributed by atoms with Gasteiger partial charge in [0, 0.05) is 16.8 Å². The predicted octanol–water partition coefficient (Wildman–Crippen LogP) is 3.54. The van der Waals surface area contributed by atoms with E-state index in [0.29, 0.717) is 17.5 Å². The van der Waals surface area contributed by atoms with E-state index in [2.05, 4.69) is 15.2 Å². The van der Waals surface area contributed by atoms with Gasteiger partial charge in [0.2, 0.25) is 11.8 Å². The Hall–Kier alpha value is -2.93. The molecule has 1 aromatic carbocycles. The molecule has 0 spiro atoms. The summed E-state index contributed by atoms with van der Waals surface area (Å²) in [5.74, 6) is 0.143. The molecule has 3 rings (SSSR count). The predicted molar refractivity (Wildman–Crippen MR) is 89.3 cm³/mol. The number of halogens is 1. The minimum atomic E-state index is -0.581. The third-order valence-corrected chi connectivity index (χ3v) is 3.41. The molecule has 0 aliphatic rings. The van der Waals surface area contributed by atoms with Crippen LogP contribution in [0.1, 0.15) is 23.2 Å². The van der Waals surface area contributed by atoms with E-state index >= 15 is 0 Å². The van der Waals surface area contributed by atoms with Crippen molar-refractivity contribution in [1.29, 1.82) is 0 Å². The van der Waals surface area contributed by atoms with Crippen LogP contribution in [0, 0.1) is 0 Å². The van der Waals surface area contributed by atoms with E-state index in [1.807, 2.05) is 0 Å². The molecule has 7 nitrogen and oxygen atoms in total. The molecule has 2 heterocycles. The molecule has 0 N–H and O–H groups in total. The number of carbonyl (C=O) groups is 1. The van der Waals surface area contributed by atoms with E-state index in [9.17, 15) is 4.79 Å². The summed E-state index contributed by atoms with van der Waals surface area (Å²) in [6.45, 7) is 2.05. The maximum Gasteiger partial charge on any atom is 0.344 e. The Morgan fingerprint density at radius 1 is 1.20 bits per heavy atom. The number of ether oxygens (including phenoxy) is 2. The van der Waals surface area contributed by atoms with Gasteiger partial charge in [-0.15, -0.1) is 10.2 Å². The molecule has 0 radical (unpaired) electrons. The van der Waals surface area contributed by atoms with Crippen LogP contribution >= 0.6 is 11.6 Å². The van der Waals surface area contributed by atoms with Crippen LogP contribution in [0.25, 0.3) is 11.5 Å². The number of aromatic nitrogens is 3. The lowest BCUT2D eigenvalue weighted by molar-refractivity contribution is 0.0433. The van der Waals surface area contributed by atoms with Crippen LogP contribution < -0.4 is 4.74 Å². The Morgan fingerprint density at radius 3 is 2.76 bits per heavy atom. The van der Waals surface area contributed by atoms with Crippen LogP contribution in [0.2, 0.25) is 5.02 Å². The van der Waals surface area contributed by atoms with Gasteiger partial charge in [0.15, 0.2) is 6.61 Å². The van der Waals surface area contributed by atoms with Crippen molar-refractivity contribution in [3.63, 3.8) is 0 Å². The molecule has 3 aromatic rings. The fourth-order valence-electron chi connectivity index (χ4n) is 2.02. The van der Waals surface area contributed by atoms with Gasteiger partial charge in [0.05, 0.1) is 6.61 Å². The first kappa shape index (κ1) is 16.9. The van der Waals surface area contributed by atoms with E-state index in [-0.39, 0.29) is 23.9 Å². The lowest BCUT2D eigenvalue weighted by atomic mass is 10.2. The minimum Gasteiger partial charge on any atom is -0.477 e. The summed E-state index contributed by atoms with van der Waals surface area (Å²) < 4.78 is 16.0. The minimum absolute atomic E-state index is 0.153. The zero-order valence-electron chi connectivity index (χ0n) is 13.3. The zero-order valence-corrected chi connectivity index (χ0v) is 14.1. The average molecular weight is 360 g/mol. The lowest BCUT2D eigenvalue weighted by Crippen LogP contribution is -2.09. The van der Waals surface area contributed by atoms with Gasteiger partial charge in [-0.05, 0) is 43.3 Å². The molecule has 0 saturated carbocycles. The topological polar surface area (TPSA) is 87.3 Å². The average Bonchev–Trinajstić information content (AvgIpc) is 3.10. The molecule has 0 fully saturated rings. The number of esters is 1. The van der Waals surface area contributed by atoms with Crippen molar-refractivity contribution in [1.82, 2.24) is 15.2 Å². The van der Waals surface area contributed by atoms with Crippen molar-refractivity contribution < 1.29 is 18.7 Å². The van der Waals surface area contributed by atoms with E-state index < -0.39 is 5.97 Å². The summed E-state index contributed by atoms with van der Waals surface area (Å²) in [7, 11) is 0. The highest BCUT2D eigenvalue weighted by Crippen LogP contribution is 2.21. The Balaban J connectivity index is 1.66. The number of pyridine rings is 1. The standard InChI is InChI=1S/C17H14ClN3O4/c1-2-23-16-13(4-3-9-19-16)17(22)24-10-14-20-21-15(25-14)11-5-7-12(18)8-6-11/h3-9H,2,10H2,1H3. The van der Waals surface area contributed by atoms with Crippen LogP contribution in [-0.2, 0) is 11.3 Å². The van der Waals surface area contributed by atoms with Crippen LogP contribution in [0.3, 0.4) is 0 Å². The number of nitrogens with zero attached hydrogens (tertiary/aromatic N) is 3. The molecule has 0 aliphatic carbocycles. The molecule has 0 aliphatic heterocycles. The van der Waals surface area contributed by atoms with Crippen molar-refractivity contribution in [2.45, 2.75) is 13.5 Å². The third-order valence-electron chi connectivity index (χ3n) is 3.16. The molecular weight excluding hydrogens is 346 g/mol. The second-order valence-electron chi connectivity index (χ2n) is 4.87. The SMILES string of the molecule is CCOc1ncccc1C(=O)OCc1nnc(-c2ccc(Cl)cc2)o1. The monoisotopic (exact) mass is 359 g/mol. The molecule has 2 aromatic heterocycles. The first-order chi connectivity index (χ1) is 12.2. The Morgan fingerprint density at radius 2 is 2.00 bits per heavy atom. The maximum absolute atomic E-state index is 12.2. The molecule has 25 heavy (non-hydrogen) atoms. The van der Waals surface area contributed by atoms with Gasteiger partial charge in [0.25, 0.3) is 5.89 Å². The highest BCUT2D eigenvalue weighted by atomic mass is 35.5. The fourth-order valence-corrected chi connectivity index (χ4v) is 2.15. The third kappa shape index (κ3) is 4.13. The van der Waals surface area contributed by atoms with E-state index in [0.717, 1.165) is 5.56 Å². The van der Waals surface area contributed by atoms with Crippen LogP contribution in [0.4, 0.5) is 0 Å². The number of hydrogen-bond acceptors (Lipinski definition) is 7. The van der Waals surface area contributed by atoms with Crippen LogP contribution in [0.5, 0.6) is 5.88 Å². The zero-order chi connectivity index (χ0) is 17.6. The van der Waals surface area contributed by atoms with Gasteiger partial charge < -0.3 is 13.9 Å². The van der Waals surface area contributed by atoms with Crippen molar-refractivity contribution in [3.8, 4) is 17.3 Å².